The molecule has 14 heavy (non-hydrogen) atoms. The number of Topliss-reactive ketones (excluding diaryl/α,β-unsaturated/α-hetero) is 1. The molecule has 1 aromatic carbocycles. The van der Waals surface area contributed by atoms with Crippen LogP contribution in [-0.2, 0) is 6.42 Å². The van der Waals surface area contributed by atoms with E-state index in [9.17, 15) is 4.79 Å². The SMILES string of the molecule is O=C1CCc2c(OCCBr)cccc21. The van der Waals surface area contributed by atoms with Crippen LogP contribution in [0.15, 0.2) is 18.2 Å². The lowest BCUT2D eigenvalue weighted by atomic mass is 10.1. The van der Waals surface area contributed by atoms with Crippen LogP contribution in [0.3, 0.4) is 0 Å². The zero-order chi connectivity index (χ0) is 9.97. The summed E-state index contributed by atoms with van der Waals surface area (Å²) in [7, 11) is 0. The zero-order valence-electron chi connectivity index (χ0n) is 7.75. The Balaban J connectivity index is 2.29. The second-order valence-electron chi connectivity index (χ2n) is 3.24. The van der Waals surface area contributed by atoms with Crippen molar-refractivity contribution in [3.8, 4) is 5.75 Å². The zero-order valence-corrected chi connectivity index (χ0v) is 9.34. The van der Waals surface area contributed by atoms with Crippen molar-refractivity contribution in [1.82, 2.24) is 0 Å². The summed E-state index contributed by atoms with van der Waals surface area (Å²) in [6.45, 7) is 0.643. The molecule has 0 aromatic heterocycles. The van der Waals surface area contributed by atoms with Gasteiger partial charge in [0.25, 0.3) is 0 Å². The van der Waals surface area contributed by atoms with Crippen LogP contribution in [0.2, 0.25) is 0 Å². The van der Waals surface area contributed by atoms with Gasteiger partial charge in [0.15, 0.2) is 5.78 Å². The van der Waals surface area contributed by atoms with Crippen LogP contribution >= 0.6 is 15.9 Å². The number of benzene rings is 1. The van der Waals surface area contributed by atoms with E-state index in [0.29, 0.717) is 13.0 Å². The highest BCUT2D eigenvalue weighted by atomic mass is 79.9. The first kappa shape index (κ1) is 9.71. The van der Waals surface area contributed by atoms with Crippen molar-refractivity contribution in [2.45, 2.75) is 12.8 Å². The summed E-state index contributed by atoms with van der Waals surface area (Å²) in [5.74, 6) is 1.11. The van der Waals surface area contributed by atoms with Crippen LogP contribution in [0, 0.1) is 0 Å². The van der Waals surface area contributed by atoms with Gasteiger partial charge in [-0.25, -0.2) is 0 Å². The number of carbonyl (C=O) groups excluding carboxylic acids is 1. The van der Waals surface area contributed by atoms with E-state index in [1.54, 1.807) is 0 Å². The van der Waals surface area contributed by atoms with Crippen LogP contribution in [0.1, 0.15) is 22.3 Å². The van der Waals surface area contributed by atoms with Crippen molar-refractivity contribution < 1.29 is 9.53 Å². The molecule has 1 aliphatic carbocycles. The molecule has 0 atom stereocenters. The van der Waals surface area contributed by atoms with Crippen molar-refractivity contribution in [1.29, 1.82) is 0 Å². The van der Waals surface area contributed by atoms with E-state index in [0.717, 1.165) is 28.6 Å². The van der Waals surface area contributed by atoms with E-state index >= 15 is 0 Å². The highest BCUT2D eigenvalue weighted by Gasteiger charge is 2.22. The number of halogens is 1. The highest BCUT2D eigenvalue weighted by Crippen LogP contribution is 2.30. The van der Waals surface area contributed by atoms with Gasteiger partial charge in [0.05, 0.1) is 6.61 Å². The van der Waals surface area contributed by atoms with Crippen molar-refractivity contribution in [3.05, 3.63) is 29.3 Å². The average molecular weight is 255 g/mol. The molecule has 0 spiro atoms. The van der Waals surface area contributed by atoms with Crippen LogP contribution in [0.5, 0.6) is 5.75 Å². The lowest BCUT2D eigenvalue weighted by Gasteiger charge is -2.08. The fraction of sp³-hybridized carbons (Fsp3) is 0.364. The molecule has 0 amide bonds. The normalized spacial score (nSPS) is 14.2. The number of rotatable bonds is 3. The first-order chi connectivity index (χ1) is 6.83. The van der Waals surface area contributed by atoms with Crippen LogP contribution in [0.25, 0.3) is 0 Å². The number of alkyl halides is 1. The first-order valence-electron chi connectivity index (χ1n) is 4.67. The van der Waals surface area contributed by atoms with Gasteiger partial charge in [-0.05, 0) is 12.5 Å². The van der Waals surface area contributed by atoms with Gasteiger partial charge in [-0.1, -0.05) is 28.1 Å². The molecular formula is C11H11BrO2. The molecule has 0 heterocycles. The third-order valence-electron chi connectivity index (χ3n) is 2.37. The molecule has 1 aromatic rings. The molecule has 3 heteroatoms. The van der Waals surface area contributed by atoms with Crippen LogP contribution in [-0.4, -0.2) is 17.7 Å². The Morgan fingerprint density at radius 1 is 1.36 bits per heavy atom. The second-order valence-corrected chi connectivity index (χ2v) is 4.04. The van der Waals surface area contributed by atoms with Crippen LogP contribution in [0.4, 0.5) is 0 Å². The Kier molecular flexibility index (Phi) is 2.87. The molecule has 2 nitrogen and oxygen atoms in total. The minimum Gasteiger partial charge on any atom is -0.492 e. The lowest BCUT2D eigenvalue weighted by molar-refractivity contribution is 0.0994. The molecule has 0 radical (unpaired) electrons. The van der Waals surface area contributed by atoms with Crippen molar-refractivity contribution >= 4 is 21.7 Å². The lowest BCUT2D eigenvalue weighted by Crippen LogP contribution is -2.01. The van der Waals surface area contributed by atoms with Crippen molar-refractivity contribution in [2.75, 3.05) is 11.9 Å². The quantitative estimate of drug-likeness (QED) is 0.776. The smallest absolute Gasteiger partial charge is 0.163 e. The number of ether oxygens (including phenoxy) is 1. The van der Waals surface area contributed by atoms with E-state index in [2.05, 4.69) is 15.9 Å². The molecule has 0 saturated heterocycles. The van der Waals surface area contributed by atoms with Crippen molar-refractivity contribution in [3.63, 3.8) is 0 Å². The average Bonchev–Trinajstić information content (AvgIpc) is 2.58. The Morgan fingerprint density at radius 3 is 3.00 bits per heavy atom. The minimum absolute atomic E-state index is 0.240. The van der Waals surface area contributed by atoms with Gasteiger partial charge in [-0.2, -0.15) is 0 Å². The van der Waals surface area contributed by atoms with E-state index in [-0.39, 0.29) is 5.78 Å². The number of hydrogen-bond acceptors (Lipinski definition) is 2. The third-order valence-corrected chi connectivity index (χ3v) is 2.69. The summed E-state index contributed by atoms with van der Waals surface area (Å²) >= 11 is 3.31. The monoisotopic (exact) mass is 254 g/mol. The molecule has 0 saturated carbocycles. The standard InChI is InChI=1S/C11H11BrO2/c12-6-7-14-11-3-1-2-8-9(11)4-5-10(8)13/h1-3H,4-7H2. The van der Waals surface area contributed by atoms with Gasteiger partial charge in [0, 0.05) is 22.9 Å². The van der Waals surface area contributed by atoms with Gasteiger partial charge in [0.2, 0.25) is 0 Å². The van der Waals surface area contributed by atoms with E-state index < -0.39 is 0 Å². The molecule has 1 aliphatic rings. The third kappa shape index (κ3) is 1.69. The number of carbonyl (C=O) groups is 1. The van der Waals surface area contributed by atoms with Gasteiger partial charge in [0.1, 0.15) is 5.75 Å². The van der Waals surface area contributed by atoms with Gasteiger partial charge < -0.3 is 4.74 Å². The van der Waals surface area contributed by atoms with Crippen molar-refractivity contribution in [2.24, 2.45) is 0 Å². The maximum atomic E-state index is 11.4. The maximum Gasteiger partial charge on any atom is 0.163 e. The van der Waals surface area contributed by atoms with Gasteiger partial charge in [-0.3, -0.25) is 4.79 Å². The first-order valence-corrected chi connectivity index (χ1v) is 5.79. The van der Waals surface area contributed by atoms with E-state index in [1.807, 2.05) is 18.2 Å². The molecule has 74 valence electrons. The van der Waals surface area contributed by atoms with Gasteiger partial charge >= 0.3 is 0 Å². The fourth-order valence-electron chi connectivity index (χ4n) is 1.74. The van der Waals surface area contributed by atoms with E-state index in [4.69, 9.17) is 4.74 Å². The van der Waals surface area contributed by atoms with E-state index in [1.165, 1.54) is 0 Å². The predicted molar refractivity (Wildman–Crippen MR) is 58.4 cm³/mol. The number of ketones is 1. The second kappa shape index (κ2) is 4.13. The molecule has 0 unspecified atom stereocenters. The predicted octanol–water partition coefficient (Wildman–Crippen LogP) is 2.59. The largest absolute Gasteiger partial charge is 0.492 e. The minimum atomic E-state index is 0.240. The Labute approximate surface area is 91.4 Å². The summed E-state index contributed by atoms with van der Waals surface area (Å²) in [5, 5.41) is 0.810. The molecular weight excluding hydrogens is 244 g/mol. The van der Waals surface area contributed by atoms with Crippen LogP contribution < -0.4 is 4.74 Å². The Hall–Kier alpha value is -0.830. The molecule has 0 N–H and O–H groups in total. The maximum absolute atomic E-state index is 11.4. The molecule has 0 aliphatic heterocycles. The summed E-state index contributed by atoms with van der Waals surface area (Å²) in [6.07, 6.45) is 1.46. The Morgan fingerprint density at radius 2 is 2.21 bits per heavy atom. The Bertz CT molecular complexity index is 360. The summed E-state index contributed by atoms with van der Waals surface area (Å²) in [4.78, 5) is 11.4. The summed E-state index contributed by atoms with van der Waals surface area (Å²) in [5.41, 5.74) is 1.93. The number of fused-ring (bicyclic) bond motifs is 1. The topological polar surface area (TPSA) is 26.3 Å². The highest BCUT2D eigenvalue weighted by molar-refractivity contribution is 9.09. The van der Waals surface area contributed by atoms with Gasteiger partial charge in [-0.15, -0.1) is 0 Å². The fourth-order valence-corrected chi connectivity index (χ4v) is 1.90. The molecule has 0 fully saturated rings. The number of hydrogen-bond donors (Lipinski definition) is 0. The molecule has 2 rings (SSSR count). The molecule has 0 bridgehead atoms. The summed E-state index contributed by atoms with van der Waals surface area (Å²) < 4.78 is 5.55. The summed E-state index contributed by atoms with van der Waals surface area (Å²) in [6, 6.07) is 5.69.